The van der Waals surface area contributed by atoms with Crippen LogP contribution in [0.5, 0.6) is 0 Å². The Balaban J connectivity index is 1.68. The number of nitrogens with zero attached hydrogens (tertiary/aromatic N) is 1. The Hall–Kier alpha value is -0.910. The van der Waals surface area contributed by atoms with Crippen molar-refractivity contribution in [2.75, 3.05) is 31.7 Å². The number of thioether (sulfide) groups is 1. The molecule has 1 saturated heterocycles. The summed E-state index contributed by atoms with van der Waals surface area (Å²) in [6, 6.07) is 0. The number of piperidine rings is 1. The number of hydrogen-bond acceptors (Lipinski definition) is 5. The number of carbonyl (C=O) groups is 2. The van der Waals surface area contributed by atoms with Gasteiger partial charge < -0.3 is 14.4 Å². The molecule has 5 nitrogen and oxygen atoms in total. The Morgan fingerprint density at radius 2 is 1.86 bits per heavy atom. The molecule has 1 amide bonds. The van der Waals surface area contributed by atoms with Crippen LogP contribution in [0, 0.1) is 5.92 Å². The van der Waals surface area contributed by atoms with Crippen molar-refractivity contribution in [1.82, 2.24) is 4.90 Å². The van der Waals surface area contributed by atoms with Crippen molar-refractivity contribution in [1.29, 1.82) is 0 Å². The summed E-state index contributed by atoms with van der Waals surface area (Å²) in [4.78, 5) is 25.4. The molecule has 126 valence electrons. The molecule has 22 heavy (non-hydrogen) atoms. The predicted molar refractivity (Wildman–Crippen MR) is 87.0 cm³/mol. The van der Waals surface area contributed by atoms with Gasteiger partial charge in [-0.25, -0.2) is 4.79 Å². The molecule has 0 radical (unpaired) electrons. The largest absolute Gasteiger partial charge is 0.465 e. The molecular formula is C16H27NO4S. The molecule has 1 aliphatic carbocycles. The lowest BCUT2D eigenvalue weighted by Crippen LogP contribution is -2.43. The molecule has 1 saturated carbocycles. The fourth-order valence-corrected chi connectivity index (χ4v) is 3.47. The molecule has 0 N–H and O–H groups in total. The topological polar surface area (TPSA) is 55.8 Å². The molecule has 2 fully saturated rings. The summed E-state index contributed by atoms with van der Waals surface area (Å²) < 4.78 is 10.9. The number of likely N-dealkylation sites (tertiary alicyclic amines) is 1. The molecule has 0 unspecified atom stereocenters. The highest BCUT2D eigenvalue weighted by Crippen LogP contribution is 2.33. The van der Waals surface area contributed by atoms with Crippen LogP contribution in [-0.4, -0.2) is 54.3 Å². The first-order chi connectivity index (χ1) is 10.5. The van der Waals surface area contributed by atoms with Crippen molar-refractivity contribution >= 4 is 23.8 Å². The minimum Gasteiger partial charge on any atom is -0.465 e. The second-order valence-electron chi connectivity index (χ2n) is 6.57. The van der Waals surface area contributed by atoms with Crippen molar-refractivity contribution in [2.45, 2.75) is 51.0 Å². The van der Waals surface area contributed by atoms with Gasteiger partial charge in [-0.3, -0.25) is 4.79 Å². The highest BCUT2D eigenvalue weighted by molar-refractivity contribution is 7.99. The summed E-state index contributed by atoms with van der Waals surface area (Å²) in [5.41, 5.74) is -0.263. The Labute approximate surface area is 137 Å². The van der Waals surface area contributed by atoms with Crippen LogP contribution in [0.2, 0.25) is 0 Å². The Morgan fingerprint density at radius 3 is 2.45 bits per heavy atom. The molecule has 0 atom stereocenters. The third kappa shape index (κ3) is 5.07. The molecule has 1 heterocycles. The first kappa shape index (κ1) is 17.4. The first-order valence-electron chi connectivity index (χ1n) is 8.15. The average molecular weight is 329 g/mol. The molecular weight excluding hydrogens is 302 g/mol. The van der Waals surface area contributed by atoms with E-state index in [1.165, 1.54) is 11.8 Å². The van der Waals surface area contributed by atoms with Gasteiger partial charge in [0.1, 0.15) is 5.60 Å². The molecule has 0 aromatic rings. The highest BCUT2D eigenvalue weighted by atomic mass is 32.2. The number of hydrogen-bond donors (Lipinski definition) is 0. The van der Waals surface area contributed by atoms with Crippen molar-refractivity contribution in [2.24, 2.45) is 5.92 Å². The van der Waals surface area contributed by atoms with Crippen LogP contribution in [0.1, 0.15) is 45.4 Å². The van der Waals surface area contributed by atoms with Crippen LogP contribution in [0.3, 0.4) is 0 Å². The lowest BCUT2D eigenvalue weighted by molar-refractivity contribution is -0.142. The molecule has 0 aromatic carbocycles. The predicted octanol–water partition coefficient (Wildman–Crippen LogP) is 3.07. The van der Waals surface area contributed by atoms with E-state index in [-0.39, 0.29) is 17.7 Å². The number of esters is 1. The Kier molecular flexibility index (Phi) is 6.41. The Morgan fingerprint density at radius 1 is 1.23 bits per heavy atom. The van der Waals surface area contributed by atoms with E-state index in [4.69, 9.17) is 9.47 Å². The van der Waals surface area contributed by atoms with Gasteiger partial charge in [-0.1, -0.05) is 0 Å². The molecule has 0 aromatic heterocycles. The maximum absolute atomic E-state index is 12.2. The lowest BCUT2D eigenvalue weighted by Gasteiger charge is -2.34. The third-order valence-corrected chi connectivity index (χ3v) is 5.13. The van der Waals surface area contributed by atoms with E-state index in [0.717, 1.165) is 38.5 Å². The number of rotatable bonds is 5. The van der Waals surface area contributed by atoms with Crippen molar-refractivity contribution < 1.29 is 19.1 Å². The zero-order valence-electron chi connectivity index (χ0n) is 13.6. The third-order valence-electron chi connectivity index (χ3n) is 4.61. The minimum atomic E-state index is -0.263. The first-order valence-corrected chi connectivity index (χ1v) is 9.54. The Bertz CT molecular complexity index is 388. The lowest BCUT2D eigenvalue weighted by atomic mass is 9.98. The molecule has 0 bridgehead atoms. The second kappa shape index (κ2) is 8.09. The van der Waals surface area contributed by atoms with Crippen LogP contribution in [0.25, 0.3) is 0 Å². The van der Waals surface area contributed by atoms with Gasteiger partial charge in [0.15, 0.2) is 0 Å². The molecule has 1 aliphatic heterocycles. The molecule has 2 rings (SSSR count). The van der Waals surface area contributed by atoms with Crippen LogP contribution < -0.4 is 0 Å². The quantitative estimate of drug-likeness (QED) is 0.726. The summed E-state index contributed by atoms with van der Waals surface area (Å²) in [7, 11) is 0. The normalized spacial score (nSPS) is 21.6. The second-order valence-corrected chi connectivity index (χ2v) is 7.44. The van der Waals surface area contributed by atoms with E-state index in [1.54, 1.807) is 4.90 Å². The SMILES string of the molecule is CSCC(=O)OCC1CCN(C(=O)OC2(C)CCCC2)CC1. The van der Waals surface area contributed by atoms with Gasteiger partial charge >= 0.3 is 12.1 Å². The van der Waals surface area contributed by atoms with E-state index >= 15 is 0 Å². The van der Waals surface area contributed by atoms with E-state index in [9.17, 15) is 9.59 Å². The van der Waals surface area contributed by atoms with E-state index in [2.05, 4.69) is 0 Å². The monoisotopic (exact) mass is 329 g/mol. The molecule has 2 aliphatic rings. The summed E-state index contributed by atoms with van der Waals surface area (Å²) in [6.07, 6.45) is 7.69. The van der Waals surface area contributed by atoms with E-state index < -0.39 is 0 Å². The van der Waals surface area contributed by atoms with Crippen molar-refractivity contribution in [3.63, 3.8) is 0 Å². The van der Waals surface area contributed by atoms with Crippen LogP contribution in [-0.2, 0) is 14.3 Å². The van der Waals surface area contributed by atoms with E-state index in [0.29, 0.717) is 31.4 Å². The maximum atomic E-state index is 12.2. The van der Waals surface area contributed by atoms with Gasteiger partial charge in [-0.2, -0.15) is 11.8 Å². The van der Waals surface area contributed by atoms with Gasteiger partial charge in [0.05, 0.1) is 12.4 Å². The number of amides is 1. The van der Waals surface area contributed by atoms with Crippen LogP contribution in [0.4, 0.5) is 4.79 Å². The van der Waals surface area contributed by atoms with Gasteiger partial charge in [0, 0.05) is 13.1 Å². The van der Waals surface area contributed by atoms with Gasteiger partial charge in [0.25, 0.3) is 0 Å². The zero-order chi connectivity index (χ0) is 16.0. The highest BCUT2D eigenvalue weighted by Gasteiger charge is 2.35. The summed E-state index contributed by atoms with van der Waals surface area (Å²) in [5.74, 6) is 0.615. The fourth-order valence-electron chi connectivity index (χ4n) is 3.15. The molecule has 6 heteroatoms. The average Bonchev–Trinajstić information content (AvgIpc) is 2.92. The van der Waals surface area contributed by atoms with Crippen molar-refractivity contribution in [3.8, 4) is 0 Å². The standard InChI is InChI=1S/C16H27NO4S/c1-16(7-3-4-8-16)21-15(19)17-9-5-13(6-10-17)11-20-14(18)12-22-2/h13H,3-12H2,1-2H3. The zero-order valence-corrected chi connectivity index (χ0v) is 14.5. The summed E-state index contributed by atoms with van der Waals surface area (Å²) >= 11 is 1.47. The minimum absolute atomic E-state index is 0.150. The van der Waals surface area contributed by atoms with Crippen LogP contribution in [0.15, 0.2) is 0 Å². The fraction of sp³-hybridized carbons (Fsp3) is 0.875. The van der Waals surface area contributed by atoms with Gasteiger partial charge in [-0.05, 0) is 57.6 Å². The maximum Gasteiger partial charge on any atom is 0.410 e. The van der Waals surface area contributed by atoms with Crippen LogP contribution >= 0.6 is 11.8 Å². The van der Waals surface area contributed by atoms with Gasteiger partial charge in [0.2, 0.25) is 0 Å². The summed E-state index contributed by atoms with van der Waals surface area (Å²) in [5, 5.41) is 0. The van der Waals surface area contributed by atoms with E-state index in [1.807, 2.05) is 13.2 Å². The summed E-state index contributed by atoms with van der Waals surface area (Å²) in [6.45, 7) is 3.90. The molecule has 0 spiro atoms. The number of ether oxygens (including phenoxy) is 2. The smallest absolute Gasteiger partial charge is 0.410 e. The number of carbonyl (C=O) groups excluding carboxylic acids is 2. The van der Waals surface area contributed by atoms with Crippen molar-refractivity contribution in [3.05, 3.63) is 0 Å². The van der Waals surface area contributed by atoms with Gasteiger partial charge in [-0.15, -0.1) is 0 Å².